The lowest BCUT2D eigenvalue weighted by Gasteiger charge is -2.29. The van der Waals surface area contributed by atoms with Crippen molar-refractivity contribution < 1.29 is 4.79 Å². The van der Waals surface area contributed by atoms with E-state index < -0.39 is 5.91 Å². The summed E-state index contributed by atoms with van der Waals surface area (Å²) in [6, 6.07) is 8.84. The van der Waals surface area contributed by atoms with E-state index in [9.17, 15) is 4.79 Å². The molecule has 2 aromatic carbocycles. The first kappa shape index (κ1) is 29.4. The molecule has 1 aliphatic rings. The Bertz CT molecular complexity index is 1150. The number of nitrogens with two attached hydrogens (primary N) is 1. The number of nitrogens with zero attached hydrogens (tertiary/aromatic N) is 3. The van der Waals surface area contributed by atoms with Crippen LogP contribution >= 0.6 is 0 Å². The van der Waals surface area contributed by atoms with Gasteiger partial charge in [0.1, 0.15) is 0 Å². The number of benzene rings is 2. The molecule has 0 aromatic heterocycles. The molecule has 1 saturated heterocycles. The molecule has 2 aromatic rings. The van der Waals surface area contributed by atoms with Gasteiger partial charge < -0.3 is 20.9 Å². The molecule has 0 aliphatic carbocycles. The highest BCUT2D eigenvalue weighted by Crippen LogP contribution is 2.45. The quantitative estimate of drug-likeness (QED) is 0.281. The first-order valence-corrected chi connectivity index (χ1v) is 14.1. The van der Waals surface area contributed by atoms with Crippen LogP contribution < -0.4 is 16.0 Å². The van der Waals surface area contributed by atoms with Gasteiger partial charge in [-0.15, -0.1) is 0 Å². The highest BCUT2D eigenvalue weighted by atomic mass is 16.1. The molecule has 38 heavy (non-hydrogen) atoms. The largest absolute Gasteiger partial charge is 0.370 e. The van der Waals surface area contributed by atoms with Gasteiger partial charge in [-0.3, -0.25) is 9.79 Å². The molecule has 1 heterocycles. The van der Waals surface area contributed by atoms with Gasteiger partial charge in [0.25, 0.3) is 5.91 Å². The van der Waals surface area contributed by atoms with Crippen LogP contribution in [0.15, 0.2) is 42.0 Å². The topological polar surface area (TPSA) is 74.0 Å². The minimum Gasteiger partial charge on any atom is -0.370 e. The predicted molar refractivity (Wildman–Crippen MR) is 164 cm³/mol. The molecule has 3 N–H and O–H groups in total. The number of aliphatic imine (C=N–C) groups is 1. The second-order valence-corrected chi connectivity index (χ2v) is 10.8. The van der Waals surface area contributed by atoms with Crippen molar-refractivity contribution in [2.24, 2.45) is 16.6 Å². The molecule has 2 unspecified atom stereocenters. The van der Waals surface area contributed by atoms with Crippen molar-refractivity contribution in [1.29, 1.82) is 0 Å². The van der Waals surface area contributed by atoms with Crippen LogP contribution in [0.25, 0.3) is 11.1 Å². The van der Waals surface area contributed by atoms with E-state index in [1.165, 1.54) is 5.56 Å². The van der Waals surface area contributed by atoms with Crippen molar-refractivity contribution in [3.63, 3.8) is 0 Å². The number of rotatable bonds is 13. The second kappa shape index (κ2) is 13.6. The number of unbranched alkanes of at least 4 members (excludes halogenated alkanes) is 1. The van der Waals surface area contributed by atoms with Gasteiger partial charge in [0.15, 0.2) is 0 Å². The Morgan fingerprint density at radius 2 is 2.08 bits per heavy atom. The van der Waals surface area contributed by atoms with E-state index in [1.807, 2.05) is 13.1 Å². The lowest BCUT2D eigenvalue weighted by molar-refractivity contribution is 0.100. The number of aryl methyl sites for hydroxylation is 1. The maximum Gasteiger partial charge on any atom is 0.252 e. The number of anilines is 2. The summed E-state index contributed by atoms with van der Waals surface area (Å²) in [7, 11) is 4.23. The molecule has 6 heteroatoms. The molecule has 0 spiro atoms. The van der Waals surface area contributed by atoms with Crippen molar-refractivity contribution in [2.45, 2.75) is 65.7 Å². The molecule has 0 radical (unpaired) electrons. The van der Waals surface area contributed by atoms with Gasteiger partial charge >= 0.3 is 0 Å². The Balaban J connectivity index is 2.29. The molecule has 1 amide bonds. The van der Waals surface area contributed by atoms with E-state index in [2.05, 4.69) is 80.8 Å². The molecule has 3 rings (SSSR count). The first-order valence-electron chi connectivity index (χ1n) is 14.1. The van der Waals surface area contributed by atoms with Gasteiger partial charge in [0, 0.05) is 25.8 Å². The molecule has 0 bridgehead atoms. The molecule has 2 atom stereocenters. The molecule has 1 fully saturated rings. The number of nitrogens with one attached hydrogen (secondary N) is 1. The molecule has 1 aliphatic heterocycles. The third-order valence-corrected chi connectivity index (χ3v) is 7.66. The summed E-state index contributed by atoms with van der Waals surface area (Å²) in [5.74, 6) is 0.336. The van der Waals surface area contributed by atoms with E-state index in [4.69, 9.17) is 10.7 Å². The fourth-order valence-electron chi connectivity index (χ4n) is 5.68. The van der Waals surface area contributed by atoms with Gasteiger partial charge in [-0.05, 0) is 99.1 Å². The average Bonchev–Trinajstić information content (AvgIpc) is 3.34. The number of primary amides is 1. The Labute approximate surface area is 230 Å². The second-order valence-electron chi connectivity index (χ2n) is 10.8. The molecule has 0 saturated carbocycles. The smallest absolute Gasteiger partial charge is 0.252 e. The Morgan fingerprint density at radius 1 is 1.32 bits per heavy atom. The molecular weight excluding hydrogens is 470 g/mol. The number of hydrogen-bond donors (Lipinski definition) is 2. The number of hydrogen-bond acceptors (Lipinski definition) is 5. The van der Waals surface area contributed by atoms with Crippen LogP contribution in [0.2, 0.25) is 0 Å². The van der Waals surface area contributed by atoms with Gasteiger partial charge in [0.2, 0.25) is 0 Å². The van der Waals surface area contributed by atoms with Crippen LogP contribution in [0.5, 0.6) is 0 Å². The fraction of sp³-hybridized carbons (Fsp3) is 0.500. The van der Waals surface area contributed by atoms with Gasteiger partial charge in [-0.2, -0.15) is 0 Å². The Hall–Kier alpha value is -3.12. The maximum absolute atomic E-state index is 13.0. The van der Waals surface area contributed by atoms with Crippen molar-refractivity contribution in [3.05, 3.63) is 53.7 Å². The van der Waals surface area contributed by atoms with Gasteiger partial charge in [0.05, 0.1) is 22.6 Å². The Morgan fingerprint density at radius 3 is 2.68 bits per heavy atom. The summed E-state index contributed by atoms with van der Waals surface area (Å²) in [6.45, 7) is 15.3. The monoisotopic (exact) mass is 517 g/mol. The molecule has 6 nitrogen and oxygen atoms in total. The standard InChI is InChI=1S/C32H47N5O/c1-8-12-13-24-14-15-25(18-27(24)34-10-3)26-19-28(37-17-16-23(21-37)20-36(6)7)30(32(33)38)31(35-11-4)29(26)22(5)9-2/h10-11,14-15,18-19,22-23,35H,4,8-9,12-13,16-17,20-21H2,1-3,5-7H3,(H2,33,38)/b34-10-. The van der Waals surface area contributed by atoms with E-state index in [1.54, 1.807) is 6.20 Å². The van der Waals surface area contributed by atoms with E-state index >= 15 is 0 Å². The zero-order chi connectivity index (χ0) is 27.8. The van der Waals surface area contributed by atoms with Crippen LogP contribution in [0.3, 0.4) is 0 Å². The van der Waals surface area contributed by atoms with Crippen molar-refractivity contribution in [3.8, 4) is 11.1 Å². The third-order valence-electron chi connectivity index (χ3n) is 7.66. The minimum absolute atomic E-state index is 0.206. The summed E-state index contributed by atoms with van der Waals surface area (Å²) >= 11 is 0. The van der Waals surface area contributed by atoms with Crippen LogP contribution in [0.4, 0.5) is 17.1 Å². The number of carbonyl (C=O) groups excluding carboxylic acids is 1. The summed E-state index contributed by atoms with van der Waals surface area (Å²) in [4.78, 5) is 22.3. The van der Waals surface area contributed by atoms with Crippen LogP contribution in [-0.2, 0) is 6.42 Å². The Kier molecular flexibility index (Phi) is 10.5. The lowest BCUT2D eigenvalue weighted by Crippen LogP contribution is -2.28. The van der Waals surface area contributed by atoms with Crippen molar-refractivity contribution in [2.75, 3.05) is 43.9 Å². The van der Waals surface area contributed by atoms with E-state index in [-0.39, 0.29) is 5.92 Å². The summed E-state index contributed by atoms with van der Waals surface area (Å²) in [5.41, 5.74) is 13.9. The summed E-state index contributed by atoms with van der Waals surface area (Å²) in [5, 5.41) is 3.34. The zero-order valence-corrected chi connectivity index (χ0v) is 24.3. The normalized spacial score (nSPS) is 16.4. The first-order chi connectivity index (χ1) is 18.2. The minimum atomic E-state index is -0.414. The van der Waals surface area contributed by atoms with Crippen molar-refractivity contribution >= 4 is 29.2 Å². The average molecular weight is 518 g/mol. The predicted octanol–water partition coefficient (Wildman–Crippen LogP) is 6.97. The van der Waals surface area contributed by atoms with Crippen LogP contribution in [-0.4, -0.2) is 50.8 Å². The maximum atomic E-state index is 13.0. The fourth-order valence-corrected chi connectivity index (χ4v) is 5.68. The zero-order valence-electron chi connectivity index (χ0n) is 24.3. The van der Waals surface area contributed by atoms with Crippen molar-refractivity contribution in [1.82, 2.24) is 4.90 Å². The SMILES string of the molecule is C=CNc1c(C(N)=O)c(N2CCC(CN(C)C)C2)cc(-c2ccc(CCCC)c(/N=C\C)c2)c1C(C)CC. The van der Waals surface area contributed by atoms with Gasteiger partial charge in [-0.25, -0.2) is 0 Å². The van der Waals surface area contributed by atoms with Crippen LogP contribution in [0, 0.1) is 5.92 Å². The number of carbonyl (C=O) groups is 1. The highest BCUT2D eigenvalue weighted by molar-refractivity contribution is 6.07. The number of amides is 1. The highest BCUT2D eigenvalue weighted by Gasteiger charge is 2.31. The summed E-state index contributed by atoms with van der Waals surface area (Å²) < 4.78 is 0. The lowest BCUT2D eigenvalue weighted by atomic mass is 9.85. The van der Waals surface area contributed by atoms with Gasteiger partial charge in [-0.1, -0.05) is 45.9 Å². The third kappa shape index (κ3) is 6.65. The molecule has 206 valence electrons. The van der Waals surface area contributed by atoms with Crippen LogP contribution in [0.1, 0.15) is 80.8 Å². The van der Waals surface area contributed by atoms with E-state index in [0.717, 1.165) is 85.5 Å². The summed E-state index contributed by atoms with van der Waals surface area (Å²) in [6.07, 6.45) is 8.83. The molecular formula is C32H47N5O. The van der Waals surface area contributed by atoms with E-state index in [0.29, 0.717) is 11.5 Å².